The second-order valence-corrected chi connectivity index (χ2v) is 5.96. The van der Waals surface area contributed by atoms with Gasteiger partial charge in [-0.3, -0.25) is 9.69 Å². The maximum Gasteiger partial charge on any atom is 0.223 e. The lowest BCUT2D eigenvalue weighted by atomic mass is 10.1. The zero-order valence-corrected chi connectivity index (χ0v) is 13.1. The largest absolute Gasteiger partial charge is 0.503 e. The molecule has 2 heterocycles. The average Bonchev–Trinajstić information content (AvgIpc) is 2.53. The van der Waals surface area contributed by atoms with E-state index >= 15 is 0 Å². The molecule has 1 aliphatic rings. The number of aromatic hydroxyl groups is 1. The Kier molecular flexibility index (Phi) is 4.03. The number of aryl methyl sites for hydroxylation is 1. The van der Waals surface area contributed by atoms with E-state index in [0.29, 0.717) is 0 Å². The van der Waals surface area contributed by atoms with E-state index in [-0.39, 0.29) is 17.2 Å². The van der Waals surface area contributed by atoms with Crippen LogP contribution in [0.4, 0.5) is 0 Å². The van der Waals surface area contributed by atoms with E-state index < -0.39 is 0 Å². The van der Waals surface area contributed by atoms with Gasteiger partial charge in [-0.05, 0) is 24.5 Å². The molecule has 0 saturated carbocycles. The van der Waals surface area contributed by atoms with E-state index in [1.165, 1.54) is 11.1 Å². The molecule has 1 atom stereocenters. The van der Waals surface area contributed by atoms with Crippen LogP contribution in [0, 0.1) is 0 Å². The molecule has 0 bridgehead atoms. The maximum absolute atomic E-state index is 11.7. The summed E-state index contributed by atoms with van der Waals surface area (Å²) >= 11 is 0. The zero-order chi connectivity index (χ0) is 15.7. The number of rotatable bonds is 3. The van der Waals surface area contributed by atoms with Crippen LogP contribution in [0.1, 0.15) is 36.7 Å². The van der Waals surface area contributed by atoms with E-state index in [4.69, 9.17) is 0 Å². The van der Waals surface area contributed by atoms with Crippen molar-refractivity contribution in [2.45, 2.75) is 39.4 Å². The Balaban J connectivity index is 1.81. The lowest BCUT2D eigenvalue weighted by Crippen LogP contribution is -2.37. The Morgan fingerprint density at radius 3 is 2.55 bits per heavy atom. The van der Waals surface area contributed by atoms with Crippen LogP contribution in [0.15, 0.2) is 41.3 Å². The van der Waals surface area contributed by atoms with E-state index in [0.717, 1.165) is 31.7 Å². The summed E-state index contributed by atoms with van der Waals surface area (Å²) < 4.78 is 1.98. The van der Waals surface area contributed by atoms with Crippen LogP contribution in [-0.4, -0.2) is 21.1 Å². The SMILES string of the molecule is CCc1ccc(CN2CCn3cc(O)c(=O)cc3C2C)cc1. The summed E-state index contributed by atoms with van der Waals surface area (Å²) in [5, 5.41) is 9.57. The highest BCUT2D eigenvalue weighted by atomic mass is 16.3. The van der Waals surface area contributed by atoms with Gasteiger partial charge in [0.1, 0.15) is 0 Å². The van der Waals surface area contributed by atoms with Gasteiger partial charge in [0.25, 0.3) is 0 Å². The highest BCUT2D eigenvalue weighted by Crippen LogP contribution is 2.26. The summed E-state index contributed by atoms with van der Waals surface area (Å²) in [5.74, 6) is -0.167. The van der Waals surface area contributed by atoms with Crippen molar-refractivity contribution in [2.24, 2.45) is 0 Å². The highest BCUT2D eigenvalue weighted by Gasteiger charge is 2.24. The maximum atomic E-state index is 11.7. The summed E-state index contributed by atoms with van der Waals surface area (Å²) in [6.45, 7) is 6.85. The summed E-state index contributed by atoms with van der Waals surface area (Å²) in [7, 11) is 0. The van der Waals surface area contributed by atoms with Gasteiger partial charge in [0.2, 0.25) is 5.43 Å². The van der Waals surface area contributed by atoms with E-state index in [2.05, 4.69) is 43.0 Å². The fourth-order valence-electron chi connectivity index (χ4n) is 3.08. The lowest BCUT2D eigenvalue weighted by Gasteiger charge is -2.36. The molecule has 1 aliphatic heterocycles. The van der Waals surface area contributed by atoms with Gasteiger partial charge in [-0.15, -0.1) is 0 Å². The molecule has 1 aromatic heterocycles. The molecular formula is C18H22N2O2. The van der Waals surface area contributed by atoms with Crippen LogP contribution in [0.5, 0.6) is 5.75 Å². The first-order chi connectivity index (χ1) is 10.6. The molecular weight excluding hydrogens is 276 g/mol. The fourth-order valence-corrected chi connectivity index (χ4v) is 3.08. The van der Waals surface area contributed by atoms with Crippen molar-refractivity contribution < 1.29 is 5.11 Å². The molecule has 2 aromatic rings. The quantitative estimate of drug-likeness (QED) is 0.947. The number of fused-ring (bicyclic) bond motifs is 1. The first kappa shape index (κ1) is 14.9. The van der Waals surface area contributed by atoms with Gasteiger partial charge in [0.15, 0.2) is 5.75 Å². The lowest BCUT2D eigenvalue weighted by molar-refractivity contribution is 0.158. The number of nitrogens with zero attached hydrogens (tertiary/aromatic N) is 2. The number of pyridine rings is 1. The van der Waals surface area contributed by atoms with E-state index in [9.17, 15) is 9.90 Å². The molecule has 4 heteroatoms. The minimum Gasteiger partial charge on any atom is -0.503 e. The predicted molar refractivity (Wildman–Crippen MR) is 87.0 cm³/mol. The first-order valence-corrected chi connectivity index (χ1v) is 7.83. The molecule has 3 rings (SSSR count). The van der Waals surface area contributed by atoms with Gasteiger partial charge in [-0.25, -0.2) is 0 Å². The van der Waals surface area contributed by atoms with Gasteiger partial charge in [-0.1, -0.05) is 31.2 Å². The Morgan fingerprint density at radius 2 is 1.86 bits per heavy atom. The third-order valence-electron chi connectivity index (χ3n) is 4.56. The molecule has 0 radical (unpaired) electrons. The standard InChI is InChI=1S/C18H22N2O2/c1-3-14-4-6-15(7-5-14)11-19-8-9-20-12-18(22)17(21)10-16(20)13(19)2/h4-7,10,12-13,22H,3,8-9,11H2,1-2H3. The van der Waals surface area contributed by atoms with Crippen LogP contribution in [0.3, 0.4) is 0 Å². The number of benzene rings is 1. The van der Waals surface area contributed by atoms with Gasteiger partial charge < -0.3 is 9.67 Å². The van der Waals surface area contributed by atoms with Crippen LogP contribution >= 0.6 is 0 Å². The van der Waals surface area contributed by atoms with Crippen molar-refractivity contribution in [1.29, 1.82) is 0 Å². The molecule has 0 amide bonds. The number of hydrogen-bond acceptors (Lipinski definition) is 3. The van der Waals surface area contributed by atoms with Gasteiger partial charge in [0.05, 0.1) is 6.20 Å². The number of hydrogen-bond donors (Lipinski definition) is 1. The zero-order valence-electron chi connectivity index (χ0n) is 13.1. The van der Waals surface area contributed by atoms with Gasteiger partial charge in [-0.2, -0.15) is 0 Å². The van der Waals surface area contributed by atoms with Gasteiger partial charge in [0, 0.05) is 37.4 Å². The Hall–Kier alpha value is -2.07. The molecule has 0 aliphatic carbocycles. The second kappa shape index (κ2) is 5.97. The average molecular weight is 298 g/mol. The fraction of sp³-hybridized carbons (Fsp3) is 0.389. The number of aromatic nitrogens is 1. The van der Waals surface area contributed by atoms with Crippen molar-refractivity contribution in [1.82, 2.24) is 9.47 Å². The van der Waals surface area contributed by atoms with E-state index in [1.54, 1.807) is 12.3 Å². The third-order valence-corrected chi connectivity index (χ3v) is 4.56. The molecule has 0 spiro atoms. The molecule has 116 valence electrons. The molecule has 0 saturated heterocycles. The highest BCUT2D eigenvalue weighted by molar-refractivity contribution is 5.25. The van der Waals surface area contributed by atoms with Crippen molar-refractivity contribution in [3.8, 4) is 5.75 Å². The predicted octanol–water partition coefficient (Wildman–Crippen LogP) is 2.69. The van der Waals surface area contributed by atoms with Crippen LogP contribution in [0.25, 0.3) is 0 Å². The summed E-state index contributed by atoms with van der Waals surface area (Å²) in [5.41, 5.74) is 3.31. The second-order valence-electron chi connectivity index (χ2n) is 5.96. The topological polar surface area (TPSA) is 45.5 Å². The van der Waals surface area contributed by atoms with Crippen molar-refractivity contribution >= 4 is 0 Å². The molecule has 22 heavy (non-hydrogen) atoms. The van der Waals surface area contributed by atoms with Crippen LogP contribution in [-0.2, 0) is 19.5 Å². The summed E-state index contributed by atoms with van der Waals surface area (Å²) in [6.07, 6.45) is 2.61. The summed E-state index contributed by atoms with van der Waals surface area (Å²) in [4.78, 5) is 14.1. The van der Waals surface area contributed by atoms with Crippen molar-refractivity contribution in [3.63, 3.8) is 0 Å². The smallest absolute Gasteiger partial charge is 0.223 e. The minimum absolute atomic E-state index is 0.160. The summed E-state index contributed by atoms with van der Waals surface area (Å²) in [6, 6.07) is 10.5. The van der Waals surface area contributed by atoms with Crippen molar-refractivity contribution in [3.05, 3.63) is 63.6 Å². The van der Waals surface area contributed by atoms with E-state index in [1.807, 2.05) is 4.57 Å². The Morgan fingerprint density at radius 1 is 1.18 bits per heavy atom. The normalized spacial score (nSPS) is 18.2. The van der Waals surface area contributed by atoms with Crippen LogP contribution in [0.2, 0.25) is 0 Å². The Labute approximate surface area is 130 Å². The van der Waals surface area contributed by atoms with Gasteiger partial charge >= 0.3 is 0 Å². The first-order valence-electron chi connectivity index (χ1n) is 7.83. The molecule has 1 unspecified atom stereocenters. The minimum atomic E-state index is -0.299. The van der Waals surface area contributed by atoms with Crippen LogP contribution < -0.4 is 5.43 Å². The molecule has 0 fully saturated rings. The molecule has 1 N–H and O–H groups in total. The monoisotopic (exact) mass is 298 g/mol. The Bertz CT molecular complexity index is 719. The molecule has 4 nitrogen and oxygen atoms in total. The third kappa shape index (κ3) is 2.79. The van der Waals surface area contributed by atoms with Crippen molar-refractivity contribution in [2.75, 3.05) is 6.54 Å². The molecule has 1 aromatic carbocycles.